The van der Waals surface area contributed by atoms with Gasteiger partial charge in [0, 0.05) is 7.05 Å². The second-order valence-corrected chi connectivity index (χ2v) is 8.02. The molecule has 1 saturated carbocycles. The Morgan fingerprint density at radius 3 is 2.53 bits per heavy atom. The van der Waals surface area contributed by atoms with Crippen LogP contribution in [-0.4, -0.2) is 48.6 Å². The highest BCUT2D eigenvalue weighted by molar-refractivity contribution is 5.69. The van der Waals surface area contributed by atoms with E-state index in [1.54, 1.807) is 12.1 Å². The number of hydrogen-bond donors (Lipinski definition) is 3. The molecular weight excluding hydrogens is 427 g/mol. The van der Waals surface area contributed by atoms with Crippen LogP contribution in [0.2, 0.25) is 0 Å². The fourth-order valence-electron chi connectivity index (χ4n) is 3.25. The molecule has 32 heavy (non-hydrogen) atoms. The zero-order valence-electron chi connectivity index (χ0n) is 18.7. The van der Waals surface area contributed by atoms with Gasteiger partial charge in [0.05, 0.1) is 41.3 Å². The molecule has 1 aromatic rings. The molecule has 0 saturated heterocycles. The molecule has 5 N–H and O–H groups in total. The lowest BCUT2D eigenvalue weighted by atomic mass is 9.98. The molecular formula is C21H32F3N5O3. The van der Waals surface area contributed by atoms with E-state index < -0.39 is 24.8 Å². The highest BCUT2D eigenvalue weighted by Gasteiger charge is 2.36. The Morgan fingerprint density at radius 1 is 1.31 bits per heavy atom. The molecule has 0 spiro atoms. The molecule has 1 heterocycles. The molecule has 0 radical (unpaired) electrons. The van der Waals surface area contributed by atoms with E-state index in [4.69, 9.17) is 16.3 Å². The fourth-order valence-corrected chi connectivity index (χ4v) is 3.25. The number of hydrazine groups is 1. The van der Waals surface area contributed by atoms with Crippen molar-refractivity contribution in [2.24, 2.45) is 17.5 Å². The summed E-state index contributed by atoms with van der Waals surface area (Å²) in [6, 6.07) is 3.50. The molecule has 180 valence electrons. The summed E-state index contributed by atoms with van der Waals surface area (Å²) in [5, 5.41) is 3.57. The van der Waals surface area contributed by atoms with Crippen LogP contribution in [0.25, 0.3) is 5.70 Å². The number of nitrogens with one attached hydrogen (secondary N) is 1. The summed E-state index contributed by atoms with van der Waals surface area (Å²) in [5.74, 6) is 4.75. The second-order valence-electron chi connectivity index (χ2n) is 8.02. The van der Waals surface area contributed by atoms with Crippen LogP contribution in [0.5, 0.6) is 5.75 Å². The van der Waals surface area contributed by atoms with Crippen LogP contribution >= 0.6 is 0 Å². The quantitative estimate of drug-likeness (QED) is 0.403. The van der Waals surface area contributed by atoms with Gasteiger partial charge in [-0.3, -0.25) is 0 Å². The number of likely N-dealkylation sites (N-methyl/N-ethyl adjacent to an activating group) is 1. The lowest BCUT2D eigenvalue weighted by Gasteiger charge is -2.24. The lowest BCUT2D eigenvalue weighted by Crippen LogP contribution is -2.37. The molecule has 2 rings (SSSR count). The molecule has 1 aliphatic rings. The summed E-state index contributed by atoms with van der Waals surface area (Å²) in [5.41, 5.74) is 7.86. The van der Waals surface area contributed by atoms with Gasteiger partial charge < -0.3 is 25.5 Å². The van der Waals surface area contributed by atoms with Gasteiger partial charge in [0.2, 0.25) is 0 Å². The third-order valence-corrected chi connectivity index (χ3v) is 5.32. The van der Waals surface area contributed by atoms with E-state index in [1.807, 2.05) is 6.92 Å². The summed E-state index contributed by atoms with van der Waals surface area (Å²) < 4.78 is 48.3. The first-order valence-electron chi connectivity index (χ1n) is 10.6. The van der Waals surface area contributed by atoms with Gasteiger partial charge in [0.15, 0.2) is 0 Å². The third-order valence-electron chi connectivity index (χ3n) is 5.32. The topological polar surface area (TPSA) is 116 Å². The van der Waals surface area contributed by atoms with Gasteiger partial charge in [0.1, 0.15) is 12.4 Å². The summed E-state index contributed by atoms with van der Waals surface area (Å²) in [6.45, 7) is 1.81. The van der Waals surface area contributed by atoms with Crippen LogP contribution in [0.1, 0.15) is 50.4 Å². The molecule has 0 aliphatic heterocycles. The highest BCUT2D eigenvalue weighted by Crippen LogP contribution is 2.27. The number of alkyl carbamates (subject to hydrolysis) is 1. The maximum absolute atomic E-state index is 12.5. The van der Waals surface area contributed by atoms with E-state index in [9.17, 15) is 18.0 Å². The number of nitrogens with two attached hydrogens (primary N) is 2. The van der Waals surface area contributed by atoms with Crippen LogP contribution in [0.3, 0.4) is 0 Å². The van der Waals surface area contributed by atoms with Crippen molar-refractivity contribution >= 4 is 11.8 Å². The maximum Gasteiger partial charge on any atom is 0.407 e. The van der Waals surface area contributed by atoms with Crippen LogP contribution in [0.4, 0.5) is 18.0 Å². The number of carbonyl (C=O) groups excluding carboxylic acids is 1. The number of alkyl halides is 3. The van der Waals surface area contributed by atoms with Crippen molar-refractivity contribution in [3.63, 3.8) is 0 Å². The Kier molecular flexibility index (Phi) is 8.99. The van der Waals surface area contributed by atoms with Crippen molar-refractivity contribution in [1.29, 1.82) is 0 Å². The average molecular weight is 460 g/mol. The van der Waals surface area contributed by atoms with E-state index >= 15 is 0 Å². The molecule has 0 aromatic carbocycles. The largest absolute Gasteiger partial charge is 0.489 e. The number of carbonyl (C=O) groups is 1. The number of hydrogen-bond acceptors (Lipinski definition) is 7. The first kappa shape index (κ1) is 25.6. The van der Waals surface area contributed by atoms with E-state index in [0.717, 1.165) is 32.6 Å². The summed E-state index contributed by atoms with van der Waals surface area (Å²) in [6.07, 6.45) is 0.324. The van der Waals surface area contributed by atoms with Crippen molar-refractivity contribution in [2.45, 2.75) is 58.2 Å². The standard InChI is InChI=1S/C21H32F3N5O3/c1-13(21(22,23)24)12-31-20(30)27-11-17(29(3)26)19(25)16-9-10-18(14(2)28-16)32-15-7-5-4-6-8-15/h9-10,13,15H,4-8,11-12,25-26H2,1-3H3,(H,27,30)/b19-17-. The third kappa shape index (κ3) is 7.47. The van der Waals surface area contributed by atoms with Crippen molar-refractivity contribution in [3.05, 3.63) is 29.2 Å². The molecule has 1 atom stereocenters. The molecule has 1 fully saturated rings. The van der Waals surface area contributed by atoms with E-state index in [1.165, 1.54) is 18.5 Å². The van der Waals surface area contributed by atoms with Crippen LogP contribution in [0, 0.1) is 12.8 Å². The second kappa shape index (κ2) is 11.3. The minimum atomic E-state index is -4.44. The predicted octanol–water partition coefficient (Wildman–Crippen LogP) is 3.46. The number of aryl methyl sites for hydroxylation is 1. The van der Waals surface area contributed by atoms with Crippen molar-refractivity contribution in [3.8, 4) is 5.75 Å². The molecule has 1 unspecified atom stereocenters. The monoisotopic (exact) mass is 459 g/mol. The number of rotatable bonds is 8. The SMILES string of the molecule is Cc1nc(/C(N)=C(\CNC(=O)OCC(C)C(F)(F)F)N(C)N)ccc1OC1CCCCC1. The fraction of sp³-hybridized carbons (Fsp3) is 0.619. The van der Waals surface area contributed by atoms with Crippen LogP contribution in [-0.2, 0) is 4.74 Å². The molecule has 1 aliphatic carbocycles. The minimum Gasteiger partial charge on any atom is -0.489 e. The zero-order chi connectivity index (χ0) is 23.9. The normalized spacial score (nSPS) is 16.7. The number of pyridine rings is 1. The van der Waals surface area contributed by atoms with Crippen molar-refractivity contribution in [1.82, 2.24) is 15.3 Å². The average Bonchev–Trinajstić information content (AvgIpc) is 2.73. The van der Waals surface area contributed by atoms with E-state index in [-0.39, 0.29) is 18.3 Å². The van der Waals surface area contributed by atoms with Crippen LogP contribution < -0.4 is 21.6 Å². The first-order chi connectivity index (χ1) is 15.0. The molecule has 11 heteroatoms. The Hall–Kier alpha value is -2.69. The number of halogens is 3. The van der Waals surface area contributed by atoms with E-state index in [0.29, 0.717) is 22.8 Å². The van der Waals surface area contributed by atoms with E-state index in [2.05, 4.69) is 15.0 Å². The Bertz CT molecular complexity index is 808. The van der Waals surface area contributed by atoms with Gasteiger partial charge in [-0.25, -0.2) is 15.6 Å². The van der Waals surface area contributed by atoms with Gasteiger partial charge in [-0.2, -0.15) is 13.2 Å². The molecule has 1 aromatic heterocycles. The Balaban J connectivity index is 2.03. The van der Waals surface area contributed by atoms with Crippen LogP contribution in [0.15, 0.2) is 17.8 Å². The van der Waals surface area contributed by atoms with Gasteiger partial charge in [0.25, 0.3) is 0 Å². The maximum atomic E-state index is 12.5. The van der Waals surface area contributed by atoms with Gasteiger partial charge in [-0.15, -0.1) is 0 Å². The highest BCUT2D eigenvalue weighted by atomic mass is 19.4. The number of nitrogens with zero attached hydrogens (tertiary/aromatic N) is 2. The summed E-state index contributed by atoms with van der Waals surface area (Å²) in [7, 11) is 1.52. The number of aromatic nitrogens is 1. The minimum absolute atomic E-state index is 0.154. The predicted molar refractivity (Wildman–Crippen MR) is 114 cm³/mol. The summed E-state index contributed by atoms with van der Waals surface area (Å²) in [4.78, 5) is 16.3. The number of amides is 1. The van der Waals surface area contributed by atoms with Crippen molar-refractivity contribution < 1.29 is 27.4 Å². The van der Waals surface area contributed by atoms with Gasteiger partial charge in [-0.05, 0) is 44.7 Å². The van der Waals surface area contributed by atoms with Gasteiger partial charge in [-0.1, -0.05) is 13.3 Å². The molecule has 1 amide bonds. The lowest BCUT2D eigenvalue weighted by molar-refractivity contribution is -0.178. The van der Waals surface area contributed by atoms with Crippen molar-refractivity contribution in [2.75, 3.05) is 20.2 Å². The Morgan fingerprint density at radius 2 is 1.97 bits per heavy atom. The first-order valence-corrected chi connectivity index (χ1v) is 10.6. The molecule has 0 bridgehead atoms. The summed E-state index contributed by atoms with van der Waals surface area (Å²) >= 11 is 0. The smallest absolute Gasteiger partial charge is 0.407 e. The number of ether oxygens (including phenoxy) is 2. The van der Waals surface area contributed by atoms with Gasteiger partial charge >= 0.3 is 12.3 Å². The molecule has 8 nitrogen and oxygen atoms in total. The Labute approximate surface area is 186 Å². The zero-order valence-corrected chi connectivity index (χ0v) is 18.7.